The number of Topliss-reactive ketones (excluding diaryl/α,β-unsaturated/α-hetero) is 1. The predicted molar refractivity (Wildman–Crippen MR) is 120 cm³/mol. The minimum atomic E-state index is -4.55. The molecule has 4 rings (SSSR count). The number of nitrogens with zero attached hydrogens (tertiary/aromatic N) is 1. The largest absolute Gasteiger partial charge is 0.479 e. The second-order valence-electron chi connectivity index (χ2n) is 7.03. The van der Waals surface area contributed by atoms with Gasteiger partial charge in [0.05, 0.1) is 10.7 Å². The molecule has 0 spiro atoms. The fraction of sp³-hybridized carbons (Fsp3) is 0.0909. The molecule has 32 heavy (non-hydrogen) atoms. The molecule has 1 heterocycles. The van der Waals surface area contributed by atoms with Crippen LogP contribution in [0.5, 0.6) is 0 Å². The summed E-state index contributed by atoms with van der Waals surface area (Å²) in [7, 11) is -4.55. The van der Waals surface area contributed by atoms with Gasteiger partial charge in [-0.15, -0.1) is 4.31 Å². The first-order valence-corrected chi connectivity index (χ1v) is 11.6. The third kappa shape index (κ3) is 3.86. The van der Waals surface area contributed by atoms with E-state index >= 15 is 0 Å². The third-order valence-electron chi connectivity index (χ3n) is 5.00. The van der Waals surface area contributed by atoms with Crippen LogP contribution in [0, 0.1) is 0 Å². The summed E-state index contributed by atoms with van der Waals surface area (Å²) in [6.45, 7) is 0. The summed E-state index contributed by atoms with van der Waals surface area (Å²) in [6, 6.07) is 17.3. The van der Waals surface area contributed by atoms with Crippen molar-refractivity contribution in [2.24, 2.45) is 0 Å². The Morgan fingerprint density at radius 3 is 2.16 bits per heavy atom. The van der Waals surface area contributed by atoms with Crippen LogP contribution in [0.15, 0.2) is 77.7 Å². The van der Waals surface area contributed by atoms with E-state index in [1.165, 1.54) is 12.1 Å². The molecule has 164 valence electrons. The van der Waals surface area contributed by atoms with Crippen molar-refractivity contribution in [1.29, 1.82) is 0 Å². The molecule has 0 aliphatic carbocycles. The van der Waals surface area contributed by atoms with Gasteiger partial charge in [-0.1, -0.05) is 83.9 Å². The Hall–Kier alpha value is -2.91. The third-order valence-corrected chi connectivity index (χ3v) is 7.56. The Bertz CT molecular complexity index is 1300. The number of anilines is 1. The Balaban J connectivity index is 1.98. The van der Waals surface area contributed by atoms with Crippen molar-refractivity contribution >= 4 is 50.7 Å². The number of hydrogen-bond donors (Lipinski definition) is 2. The lowest BCUT2D eigenvalue weighted by molar-refractivity contribution is -0.140. The highest BCUT2D eigenvalue weighted by Gasteiger charge is 2.49. The Labute approximate surface area is 194 Å². The van der Waals surface area contributed by atoms with Crippen molar-refractivity contribution in [3.63, 3.8) is 0 Å². The molecule has 7 nitrogen and oxygen atoms in total. The zero-order chi connectivity index (χ0) is 23.0. The van der Waals surface area contributed by atoms with Crippen LogP contribution in [0.4, 0.5) is 5.69 Å². The van der Waals surface area contributed by atoms with E-state index in [0.29, 0.717) is 9.87 Å². The van der Waals surface area contributed by atoms with Gasteiger partial charge in [0.25, 0.3) is 0 Å². The molecule has 3 aromatic carbocycles. The van der Waals surface area contributed by atoms with Crippen molar-refractivity contribution in [1.82, 2.24) is 4.31 Å². The summed E-state index contributed by atoms with van der Waals surface area (Å²) in [6.07, 6.45) is -1.78. The van der Waals surface area contributed by atoms with Gasteiger partial charge in [-0.25, -0.2) is 13.2 Å². The van der Waals surface area contributed by atoms with Crippen molar-refractivity contribution in [3.05, 3.63) is 94.0 Å². The Morgan fingerprint density at radius 2 is 1.56 bits per heavy atom. The number of ketones is 1. The van der Waals surface area contributed by atoms with E-state index in [4.69, 9.17) is 23.2 Å². The number of sulfonamides is 1. The minimum absolute atomic E-state index is 0.0508. The summed E-state index contributed by atoms with van der Waals surface area (Å²) >= 11 is 12.2. The molecule has 2 unspecified atom stereocenters. The number of aliphatic carboxylic acids is 1. The summed E-state index contributed by atoms with van der Waals surface area (Å²) in [5.41, 5.74) is 0.491. The van der Waals surface area contributed by atoms with Gasteiger partial charge in [-0.3, -0.25) is 4.79 Å². The average Bonchev–Trinajstić information content (AvgIpc) is 2.75. The fourth-order valence-electron chi connectivity index (χ4n) is 3.65. The van der Waals surface area contributed by atoms with Crippen molar-refractivity contribution in [2.75, 3.05) is 5.32 Å². The van der Waals surface area contributed by atoms with Crippen LogP contribution < -0.4 is 5.32 Å². The van der Waals surface area contributed by atoms with Crippen LogP contribution in [0.1, 0.15) is 22.0 Å². The molecule has 2 N–H and O–H groups in total. The number of carboxylic acid groups (broad SMARTS) is 1. The summed E-state index contributed by atoms with van der Waals surface area (Å²) < 4.78 is 28.1. The van der Waals surface area contributed by atoms with Gasteiger partial charge >= 0.3 is 5.97 Å². The summed E-state index contributed by atoms with van der Waals surface area (Å²) in [4.78, 5) is 25.4. The normalized spacial score (nSPS) is 18.2. The van der Waals surface area contributed by atoms with Crippen LogP contribution in [-0.4, -0.2) is 35.7 Å². The predicted octanol–water partition coefficient (Wildman–Crippen LogP) is 4.44. The number of rotatable bonds is 5. The molecule has 0 saturated carbocycles. The molecule has 10 heteroatoms. The lowest BCUT2D eigenvalue weighted by Crippen LogP contribution is -2.55. The molecule has 0 radical (unpaired) electrons. The highest BCUT2D eigenvalue weighted by molar-refractivity contribution is 7.89. The van der Waals surface area contributed by atoms with E-state index in [9.17, 15) is 23.1 Å². The summed E-state index contributed by atoms with van der Waals surface area (Å²) in [5, 5.41) is 12.5. The van der Waals surface area contributed by atoms with E-state index in [1.807, 2.05) is 0 Å². The van der Waals surface area contributed by atoms with Crippen LogP contribution in [0.25, 0.3) is 0 Å². The molecule has 1 aliphatic rings. The number of benzene rings is 3. The first kappa shape index (κ1) is 22.3. The standard InChI is InChI=1S/C22H16Cl2N2O5S/c23-15-11-16(24)20-17(12-15)25-21(22(28)29)26(32(20,30)31)18(13-7-3-1-4-8-13)19(27)14-9-5-2-6-10-14/h1-12,18,21,25H,(H,28,29). The molecule has 3 aromatic rings. The Kier molecular flexibility index (Phi) is 5.96. The summed E-state index contributed by atoms with van der Waals surface area (Å²) in [5.74, 6) is -2.07. The number of carboxylic acids is 1. The first-order valence-electron chi connectivity index (χ1n) is 9.38. The molecular formula is C22H16Cl2N2O5S. The van der Waals surface area contributed by atoms with E-state index in [1.54, 1.807) is 60.7 Å². The van der Waals surface area contributed by atoms with Crippen molar-refractivity contribution in [3.8, 4) is 0 Å². The van der Waals surface area contributed by atoms with E-state index in [2.05, 4.69) is 5.32 Å². The molecule has 1 aliphatic heterocycles. The van der Waals surface area contributed by atoms with Crippen LogP contribution in [0.3, 0.4) is 0 Å². The van der Waals surface area contributed by atoms with Gasteiger partial charge in [0, 0.05) is 10.6 Å². The average molecular weight is 491 g/mol. The highest BCUT2D eigenvalue weighted by atomic mass is 35.5. The van der Waals surface area contributed by atoms with Gasteiger partial charge in [0.15, 0.2) is 11.9 Å². The van der Waals surface area contributed by atoms with Gasteiger partial charge in [-0.05, 0) is 17.7 Å². The number of hydrogen-bond acceptors (Lipinski definition) is 5. The van der Waals surface area contributed by atoms with Gasteiger partial charge in [-0.2, -0.15) is 0 Å². The van der Waals surface area contributed by atoms with Gasteiger partial charge in [0.2, 0.25) is 10.0 Å². The second kappa shape index (κ2) is 8.55. The number of carbonyl (C=O) groups is 2. The van der Waals surface area contributed by atoms with Crippen LogP contribution in [0.2, 0.25) is 10.0 Å². The molecule has 0 bridgehead atoms. The van der Waals surface area contributed by atoms with E-state index in [0.717, 1.165) is 0 Å². The fourth-order valence-corrected chi connectivity index (χ4v) is 6.27. The zero-order valence-corrected chi connectivity index (χ0v) is 18.6. The topological polar surface area (TPSA) is 104 Å². The molecule has 2 atom stereocenters. The zero-order valence-electron chi connectivity index (χ0n) is 16.3. The number of carbonyl (C=O) groups excluding carboxylic acids is 1. The number of halogens is 2. The Morgan fingerprint density at radius 1 is 0.969 bits per heavy atom. The van der Waals surface area contributed by atoms with Gasteiger partial charge < -0.3 is 10.4 Å². The van der Waals surface area contributed by atoms with Crippen molar-refractivity contribution in [2.45, 2.75) is 17.1 Å². The van der Waals surface area contributed by atoms with E-state index in [-0.39, 0.29) is 26.2 Å². The molecule has 0 fully saturated rings. The maximum atomic E-state index is 13.7. The number of nitrogens with one attached hydrogen (secondary N) is 1. The van der Waals surface area contributed by atoms with Crippen LogP contribution >= 0.6 is 23.2 Å². The van der Waals surface area contributed by atoms with Gasteiger partial charge in [0.1, 0.15) is 10.9 Å². The SMILES string of the molecule is O=C(O)C1Nc2cc(Cl)cc(Cl)c2S(=O)(=O)N1C(C(=O)c1ccccc1)c1ccccc1. The monoisotopic (exact) mass is 490 g/mol. The lowest BCUT2D eigenvalue weighted by Gasteiger charge is -2.39. The molecule has 0 saturated heterocycles. The molecular weight excluding hydrogens is 475 g/mol. The lowest BCUT2D eigenvalue weighted by atomic mass is 9.97. The highest BCUT2D eigenvalue weighted by Crippen LogP contribution is 2.43. The van der Waals surface area contributed by atoms with Crippen molar-refractivity contribution < 1.29 is 23.1 Å². The maximum absolute atomic E-state index is 13.7. The second-order valence-corrected chi connectivity index (χ2v) is 9.65. The van der Waals surface area contributed by atoms with Crippen LogP contribution in [-0.2, 0) is 14.8 Å². The molecule has 0 aromatic heterocycles. The molecule has 0 amide bonds. The maximum Gasteiger partial charge on any atom is 0.342 e. The quantitative estimate of drug-likeness (QED) is 0.512. The van der Waals surface area contributed by atoms with E-state index < -0.39 is 34.0 Å². The minimum Gasteiger partial charge on any atom is -0.479 e. The number of fused-ring (bicyclic) bond motifs is 1. The first-order chi connectivity index (χ1) is 15.2. The smallest absolute Gasteiger partial charge is 0.342 e.